The molecule has 1 amide bonds. The lowest BCUT2D eigenvalue weighted by atomic mass is 9.92. The minimum atomic E-state index is -0.954. The van der Waals surface area contributed by atoms with Crippen molar-refractivity contribution >= 4 is 17.7 Å². The fourth-order valence-electron chi connectivity index (χ4n) is 2.29. The molecule has 1 aliphatic rings. The number of rotatable bonds is 4. The monoisotopic (exact) mass is 278 g/mol. The van der Waals surface area contributed by atoms with Gasteiger partial charge in [-0.2, -0.15) is 11.8 Å². The van der Waals surface area contributed by atoms with E-state index in [1.807, 2.05) is 42.1 Å². The molecule has 0 bridgehead atoms. The minimum Gasteiger partial charge on any atom is -0.354 e. The van der Waals surface area contributed by atoms with Crippen molar-refractivity contribution in [2.75, 3.05) is 18.1 Å². The van der Waals surface area contributed by atoms with Gasteiger partial charge >= 0.3 is 0 Å². The molecule has 2 rings (SSSR count). The van der Waals surface area contributed by atoms with E-state index in [0.717, 1.165) is 12.1 Å². The molecule has 1 unspecified atom stereocenters. The number of benzene rings is 1. The first kappa shape index (κ1) is 14.4. The Morgan fingerprint density at radius 2 is 2.00 bits per heavy atom. The predicted molar refractivity (Wildman–Crippen MR) is 81.0 cm³/mol. The maximum Gasteiger partial charge on any atom is 0.244 e. The van der Waals surface area contributed by atoms with Gasteiger partial charge in [-0.05, 0) is 42.8 Å². The predicted octanol–water partition coefficient (Wildman–Crippen LogP) is 2.12. The molecular formula is C15H22N2OS. The molecule has 0 aromatic heterocycles. The largest absolute Gasteiger partial charge is 0.354 e. The highest BCUT2D eigenvalue weighted by molar-refractivity contribution is 7.99. The third-order valence-corrected chi connectivity index (χ3v) is 4.79. The molecule has 1 fully saturated rings. The van der Waals surface area contributed by atoms with Crippen LogP contribution < -0.4 is 11.1 Å². The van der Waals surface area contributed by atoms with E-state index < -0.39 is 5.54 Å². The fourth-order valence-corrected chi connectivity index (χ4v) is 3.49. The maximum absolute atomic E-state index is 12.3. The molecule has 1 aliphatic heterocycles. The highest BCUT2D eigenvalue weighted by atomic mass is 32.2. The molecule has 1 aromatic rings. The highest BCUT2D eigenvalue weighted by Gasteiger charge is 2.30. The van der Waals surface area contributed by atoms with Crippen LogP contribution in [0.3, 0.4) is 0 Å². The molecule has 1 heterocycles. The first-order valence-corrected chi connectivity index (χ1v) is 7.96. The van der Waals surface area contributed by atoms with E-state index in [0.29, 0.717) is 5.92 Å². The first-order chi connectivity index (χ1) is 9.10. The average Bonchev–Trinajstić information content (AvgIpc) is 2.46. The average molecular weight is 278 g/mol. The van der Waals surface area contributed by atoms with Gasteiger partial charge in [-0.15, -0.1) is 0 Å². The zero-order chi connectivity index (χ0) is 13.7. The Morgan fingerprint density at radius 1 is 1.37 bits per heavy atom. The molecule has 0 saturated carbocycles. The van der Waals surface area contributed by atoms with Crippen molar-refractivity contribution in [2.24, 2.45) is 11.7 Å². The van der Waals surface area contributed by atoms with Crippen LogP contribution in [0, 0.1) is 5.92 Å². The summed E-state index contributed by atoms with van der Waals surface area (Å²) in [4.78, 5) is 12.3. The number of carbonyl (C=O) groups is 1. The van der Waals surface area contributed by atoms with Crippen LogP contribution >= 0.6 is 11.8 Å². The number of carbonyl (C=O) groups excluding carboxylic acids is 1. The van der Waals surface area contributed by atoms with Crippen LogP contribution in [0.2, 0.25) is 0 Å². The van der Waals surface area contributed by atoms with Gasteiger partial charge in [-0.1, -0.05) is 30.3 Å². The second-order valence-corrected chi connectivity index (χ2v) is 6.56. The number of amides is 1. The summed E-state index contributed by atoms with van der Waals surface area (Å²) < 4.78 is 0. The molecule has 104 valence electrons. The molecule has 0 radical (unpaired) electrons. The fraction of sp³-hybridized carbons (Fsp3) is 0.533. The summed E-state index contributed by atoms with van der Waals surface area (Å²) in [6.45, 7) is 2.52. The van der Waals surface area contributed by atoms with Crippen LogP contribution in [-0.4, -0.2) is 24.0 Å². The van der Waals surface area contributed by atoms with Crippen molar-refractivity contribution < 1.29 is 4.79 Å². The van der Waals surface area contributed by atoms with Crippen molar-refractivity contribution in [3.63, 3.8) is 0 Å². The van der Waals surface area contributed by atoms with Gasteiger partial charge in [0.15, 0.2) is 0 Å². The van der Waals surface area contributed by atoms with E-state index >= 15 is 0 Å². The molecule has 0 spiro atoms. The summed E-state index contributed by atoms with van der Waals surface area (Å²) in [6, 6.07) is 9.54. The Hall–Kier alpha value is -1.00. The van der Waals surface area contributed by atoms with Crippen molar-refractivity contribution in [1.82, 2.24) is 5.32 Å². The Bertz CT molecular complexity index is 413. The van der Waals surface area contributed by atoms with E-state index in [2.05, 4.69) is 5.32 Å². The van der Waals surface area contributed by atoms with Crippen LogP contribution in [0.25, 0.3) is 0 Å². The van der Waals surface area contributed by atoms with Crippen LogP contribution in [-0.2, 0) is 10.3 Å². The number of nitrogens with two attached hydrogens (primary N) is 1. The van der Waals surface area contributed by atoms with Gasteiger partial charge in [0.2, 0.25) is 5.91 Å². The Morgan fingerprint density at radius 3 is 2.63 bits per heavy atom. The molecule has 4 heteroatoms. The van der Waals surface area contributed by atoms with E-state index in [-0.39, 0.29) is 5.91 Å². The first-order valence-electron chi connectivity index (χ1n) is 6.81. The van der Waals surface area contributed by atoms with Crippen molar-refractivity contribution in [2.45, 2.75) is 25.3 Å². The topological polar surface area (TPSA) is 55.1 Å². The molecule has 19 heavy (non-hydrogen) atoms. The zero-order valence-electron chi connectivity index (χ0n) is 11.4. The van der Waals surface area contributed by atoms with Gasteiger partial charge in [0, 0.05) is 6.54 Å². The second-order valence-electron chi connectivity index (χ2n) is 5.33. The molecule has 0 aliphatic carbocycles. The number of nitrogens with one attached hydrogen (secondary N) is 1. The van der Waals surface area contributed by atoms with E-state index in [9.17, 15) is 4.79 Å². The van der Waals surface area contributed by atoms with Crippen molar-refractivity contribution in [3.8, 4) is 0 Å². The second kappa shape index (κ2) is 6.44. The number of thioether (sulfide) groups is 1. The summed E-state index contributed by atoms with van der Waals surface area (Å²) in [5.74, 6) is 2.94. The quantitative estimate of drug-likeness (QED) is 0.887. The highest BCUT2D eigenvalue weighted by Crippen LogP contribution is 2.22. The van der Waals surface area contributed by atoms with Gasteiger partial charge in [-0.25, -0.2) is 0 Å². The van der Waals surface area contributed by atoms with Crippen LogP contribution in [0.5, 0.6) is 0 Å². The molecule has 1 aromatic carbocycles. The zero-order valence-corrected chi connectivity index (χ0v) is 12.2. The van der Waals surface area contributed by atoms with Crippen molar-refractivity contribution in [1.29, 1.82) is 0 Å². The van der Waals surface area contributed by atoms with Crippen LogP contribution in [0.15, 0.2) is 30.3 Å². The Kier molecular flexibility index (Phi) is 4.88. The molecular weight excluding hydrogens is 256 g/mol. The Labute approximate surface area is 119 Å². The smallest absolute Gasteiger partial charge is 0.244 e. The van der Waals surface area contributed by atoms with Gasteiger partial charge < -0.3 is 11.1 Å². The maximum atomic E-state index is 12.3. The standard InChI is InChI=1S/C15H22N2OS/c1-15(16,13-5-3-2-4-6-13)14(18)17-11-12-7-9-19-10-8-12/h2-6,12H,7-11,16H2,1H3,(H,17,18). The normalized spacial score (nSPS) is 19.7. The Balaban J connectivity index is 1.91. The lowest BCUT2D eigenvalue weighted by molar-refractivity contribution is -0.126. The van der Waals surface area contributed by atoms with Crippen molar-refractivity contribution in [3.05, 3.63) is 35.9 Å². The third-order valence-electron chi connectivity index (χ3n) is 3.74. The van der Waals surface area contributed by atoms with Gasteiger partial charge in [-0.3, -0.25) is 4.79 Å². The SMILES string of the molecule is CC(N)(C(=O)NCC1CCSCC1)c1ccccc1. The molecule has 3 nitrogen and oxygen atoms in total. The summed E-state index contributed by atoms with van der Waals surface area (Å²) >= 11 is 2.00. The van der Waals surface area contributed by atoms with E-state index in [1.165, 1.54) is 24.3 Å². The lowest BCUT2D eigenvalue weighted by Crippen LogP contribution is -2.50. The lowest BCUT2D eigenvalue weighted by Gasteiger charge is -2.27. The van der Waals surface area contributed by atoms with Gasteiger partial charge in [0.05, 0.1) is 0 Å². The third kappa shape index (κ3) is 3.74. The van der Waals surface area contributed by atoms with Crippen LogP contribution in [0.1, 0.15) is 25.3 Å². The summed E-state index contributed by atoms with van der Waals surface area (Å²) in [7, 11) is 0. The molecule has 1 atom stereocenters. The van der Waals surface area contributed by atoms with Crippen LogP contribution in [0.4, 0.5) is 0 Å². The number of hydrogen-bond acceptors (Lipinski definition) is 3. The summed E-state index contributed by atoms with van der Waals surface area (Å²) in [6.07, 6.45) is 2.38. The molecule has 3 N–H and O–H groups in total. The number of hydrogen-bond donors (Lipinski definition) is 2. The van der Waals surface area contributed by atoms with Gasteiger partial charge in [0.25, 0.3) is 0 Å². The summed E-state index contributed by atoms with van der Waals surface area (Å²) in [5, 5.41) is 3.02. The summed E-state index contributed by atoms with van der Waals surface area (Å²) in [5.41, 5.74) is 6.08. The van der Waals surface area contributed by atoms with Gasteiger partial charge in [0.1, 0.15) is 5.54 Å². The van der Waals surface area contributed by atoms with E-state index in [4.69, 9.17) is 5.73 Å². The molecule has 1 saturated heterocycles. The van der Waals surface area contributed by atoms with E-state index in [1.54, 1.807) is 6.92 Å². The minimum absolute atomic E-state index is 0.0862.